The Bertz CT molecular complexity index is 1170. The van der Waals surface area contributed by atoms with Crippen LogP contribution in [0.4, 0.5) is 0 Å². The summed E-state index contributed by atoms with van der Waals surface area (Å²) in [4.78, 5) is 16.5. The molecule has 0 radical (unpaired) electrons. The van der Waals surface area contributed by atoms with E-state index in [2.05, 4.69) is 31.9 Å². The molecule has 28 heavy (non-hydrogen) atoms. The van der Waals surface area contributed by atoms with Gasteiger partial charge in [0.05, 0.1) is 27.8 Å². The van der Waals surface area contributed by atoms with Gasteiger partial charge in [0.2, 0.25) is 0 Å². The third-order valence-corrected chi connectivity index (χ3v) is 5.56. The van der Waals surface area contributed by atoms with Crippen molar-refractivity contribution >= 4 is 28.4 Å². The van der Waals surface area contributed by atoms with Gasteiger partial charge in [0, 0.05) is 11.1 Å². The maximum Gasteiger partial charge on any atom is 0.254 e. The van der Waals surface area contributed by atoms with Gasteiger partial charge in [0.25, 0.3) is 5.91 Å². The number of aromatic amines is 1. The number of aromatic nitrogens is 5. The summed E-state index contributed by atoms with van der Waals surface area (Å²) in [6.45, 7) is 0. The lowest BCUT2D eigenvalue weighted by Crippen LogP contribution is -2.31. The Morgan fingerprint density at radius 3 is 2.96 bits per heavy atom. The molecule has 7 nitrogen and oxygen atoms in total. The van der Waals surface area contributed by atoms with Crippen LogP contribution in [0.15, 0.2) is 48.8 Å². The minimum atomic E-state index is -0.159. The van der Waals surface area contributed by atoms with Crippen molar-refractivity contribution in [1.82, 2.24) is 30.5 Å². The summed E-state index contributed by atoms with van der Waals surface area (Å²) in [6.07, 6.45) is 4.33. The number of hydrogen-bond donors (Lipinski definition) is 2. The second-order valence-electron chi connectivity index (χ2n) is 6.87. The second kappa shape index (κ2) is 6.76. The Hall–Kier alpha value is -3.19. The number of carbonyl (C=O) groups excluding carboxylic acids is 1. The summed E-state index contributed by atoms with van der Waals surface area (Å²) < 4.78 is 1.49. The highest BCUT2D eigenvalue weighted by Crippen LogP contribution is 2.37. The van der Waals surface area contributed by atoms with Crippen LogP contribution in [0.2, 0.25) is 5.02 Å². The van der Waals surface area contributed by atoms with Crippen LogP contribution in [-0.2, 0) is 6.42 Å². The number of nitrogens with zero attached hydrogens (tertiary/aromatic N) is 4. The molecule has 0 saturated heterocycles. The van der Waals surface area contributed by atoms with Crippen molar-refractivity contribution in [2.45, 2.75) is 25.3 Å². The standard InChI is InChI=1S/C20H17ClN6O/c21-15-8-3-6-12-13-7-4-9-16(19(13)24-18(12)15)23-20(28)14-5-1-2-10-17(14)27-11-22-25-26-27/h1-3,5-6,8,10-11,16,24H,4,7,9H2,(H,23,28)/t16-/m1/s1. The Labute approximate surface area is 165 Å². The molecule has 0 spiro atoms. The number of rotatable bonds is 3. The number of halogens is 1. The van der Waals surface area contributed by atoms with Gasteiger partial charge in [0.15, 0.2) is 0 Å². The van der Waals surface area contributed by atoms with Crippen LogP contribution >= 0.6 is 11.6 Å². The van der Waals surface area contributed by atoms with Crippen molar-refractivity contribution < 1.29 is 4.79 Å². The Morgan fingerprint density at radius 2 is 2.11 bits per heavy atom. The highest BCUT2D eigenvalue weighted by atomic mass is 35.5. The van der Waals surface area contributed by atoms with E-state index in [9.17, 15) is 4.79 Å². The summed E-state index contributed by atoms with van der Waals surface area (Å²) in [5.41, 5.74) is 4.38. The normalized spacial score (nSPS) is 16.1. The Balaban J connectivity index is 1.50. The zero-order valence-electron chi connectivity index (χ0n) is 14.9. The molecule has 2 aromatic carbocycles. The SMILES string of the molecule is O=C(N[C@@H]1CCCc2c1[nH]c1c(Cl)cccc21)c1ccccc1-n1cnnn1. The maximum atomic E-state index is 13.1. The summed E-state index contributed by atoms with van der Waals surface area (Å²) >= 11 is 6.36. The molecule has 5 rings (SSSR count). The van der Waals surface area contributed by atoms with Crippen LogP contribution in [-0.4, -0.2) is 31.1 Å². The zero-order chi connectivity index (χ0) is 19.1. The molecule has 1 atom stereocenters. The molecular weight excluding hydrogens is 376 g/mol. The van der Waals surface area contributed by atoms with Gasteiger partial charge in [-0.1, -0.05) is 35.9 Å². The first-order valence-corrected chi connectivity index (χ1v) is 9.52. The topological polar surface area (TPSA) is 88.5 Å². The second-order valence-corrected chi connectivity index (χ2v) is 7.28. The van der Waals surface area contributed by atoms with Gasteiger partial charge in [-0.05, 0) is 53.5 Å². The first kappa shape index (κ1) is 16.9. The molecule has 1 amide bonds. The molecule has 1 aliphatic carbocycles. The van der Waals surface area contributed by atoms with Crippen LogP contribution in [0.25, 0.3) is 16.6 Å². The smallest absolute Gasteiger partial charge is 0.254 e. The number of H-pyrrole nitrogens is 1. The average Bonchev–Trinajstić information content (AvgIpc) is 3.37. The maximum absolute atomic E-state index is 13.1. The molecule has 140 valence electrons. The number of amides is 1. The van der Waals surface area contributed by atoms with E-state index in [0.29, 0.717) is 16.3 Å². The zero-order valence-corrected chi connectivity index (χ0v) is 15.6. The average molecular weight is 393 g/mol. The molecule has 2 aromatic heterocycles. The predicted molar refractivity (Wildman–Crippen MR) is 106 cm³/mol. The fourth-order valence-corrected chi connectivity index (χ4v) is 4.19. The first-order valence-electron chi connectivity index (χ1n) is 9.14. The lowest BCUT2D eigenvalue weighted by atomic mass is 9.91. The highest BCUT2D eigenvalue weighted by molar-refractivity contribution is 6.35. The molecular formula is C20H17ClN6O. The van der Waals surface area contributed by atoms with Crippen LogP contribution in [0.5, 0.6) is 0 Å². The summed E-state index contributed by atoms with van der Waals surface area (Å²) in [7, 11) is 0. The number of nitrogens with one attached hydrogen (secondary N) is 2. The van der Waals surface area contributed by atoms with Crippen molar-refractivity contribution in [3.63, 3.8) is 0 Å². The van der Waals surface area contributed by atoms with Gasteiger partial charge < -0.3 is 10.3 Å². The van der Waals surface area contributed by atoms with Gasteiger partial charge in [-0.3, -0.25) is 4.79 Å². The lowest BCUT2D eigenvalue weighted by molar-refractivity contribution is 0.0932. The van der Waals surface area contributed by atoms with Crippen LogP contribution in [0, 0.1) is 0 Å². The van der Waals surface area contributed by atoms with Crippen molar-refractivity contribution in [2.75, 3.05) is 0 Å². The third kappa shape index (κ3) is 2.75. The number of tetrazole rings is 1. The predicted octanol–water partition coefficient (Wildman–Crippen LogP) is 3.60. The molecule has 0 aliphatic heterocycles. The monoisotopic (exact) mass is 392 g/mol. The first-order chi connectivity index (χ1) is 13.7. The van der Waals surface area contributed by atoms with Gasteiger partial charge >= 0.3 is 0 Å². The third-order valence-electron chi connectivity index (χ3n) is 5.24. The molecule has 4 aromatic rings. The van der Waals surface area contributed by atoms with Gasteiger partial charge in [-0.15, -0.1) is 5.10 Å². The fourth-order valence-electron chi connectivity index (χ4n) is 3.97. The van der Waals surface area contributed by atoms with E-state index in [0.717, 1.165) is 35.9 Å². The van der Waals surface area contributed by atoms with Crippen LogP contribution in [0.3, 0.4) is 0 Å². The quantitative estimate of drug-likeness (QED) is 0.557. The summed E-state index contributed by atoms with van der Waals surface area (Å²) in [6, 6.07) is 13.1. The van der Waals surface area contributed by atoms with Crippen molar-refractivity contribution in [1.29, 1.82) is 0 Å². The van der Waals surface area contributed by atoms with E-state index < -0.39 is 0 Å². The Morgan fingerprint density at radius 1 is 1.21 bits per heavy atom. The lowest BCUT2D eigenvalue weighted by Gasteiger charge is -2.24. The van der Waals surface area contributed by atoms with E-state index in [1.54, 1.807) is 6.07 Å². The summed E-state index contributed by atoms with van der Waals surface area (Å²) in [5, 5.41) is 16.2. The molecule has 2 N–H and O–H groups in total. The largest absolute Gasteiger partial charge is 0.355 e. The molecule has 0 bridgehead atoms. The number of benzene rings is 2. The molecule has 2 heterocycles. The molecule has 0 unspecified atom stereocenters. The van der Waals surface area contributed by atoms with Crippen LogP contribution in [0.1, 0.15) is 40.5 Å². The van der Waals surface area contributed by atoms with Crippen LogP contribution < -0.4 is 5.32 Å². The van der Waals surface area contributed by atoms with E-state index in [1.807, 2.05) is 30.3 Å². The number of aryl methyl sites for hydroxylation is 1. The number of carbonyl (C=O) groups is 1. The minimum Gasteiger partial charge on any atom is -0.355 e. The number of fused-ring (bicyclic) bond motifs is 3. The molecule has 0 fully saturated rings. The number of para-hydroxylation sites is 2. The van der Waals surface area contributed by atoms with E-state index in [-0.39, 0.29) is 11.9 Å². The molecule has 1 aliphatic rings. The molecule has 8 heteroatoms. The van der Waals surface area contributed by atoms with Gasteiger partial charge in [-0.2, -0.15) is 4.68 Å². The number of hydrogen-bond acceptors (Lipinski definition) is 4. The van der Waals surface area contributed by atoms with E-state index in [1.165, 1.54) is 16.6 Å². The van der Waals surface area contributed by atoms with E-state index >= 15 is 0 Å². The van der Waals surface area contributed by atoms with Gasteiger partial charge in [-0.25, -0.2) is 0 Å². The minimum absolute atomic E-state index is 0.0957. The molecule has 0 saturated carbocycles. The Kier molecular flexibility index (Phi) is 4.09. The van der Waals surface area contributed by atoms with Crippen molar-refractivity contribution in [3.8, 4) is 5.69 Å². The van der Waals surface area contributed by atoms with Crippen molar-refractivity contribution in [2.24, 2.45) is 0 Å². The summed E-state index contributed by atoms with van der Waals surface area (Å²) in [5.74, 6) is -0.159. The van der Waals surface area contributed by atoms with E-state index in [4.69, 9.17) is 11.6 Å². The van der Waals surface area contributed by atoms with Crippen molar-refractivity contribution in [3.05, 3.63) is 70.6 Å². The fraction of sp³-hybridized carbons (Fsp3) is 0.200. The van der Waals surface area contributed by atoms with Gasteiger partial charge in [0.1, 0.15) is 6.33 Å². The highest BCUT2D eigenvalue weighted by Gasteiger charge is 2.27.